The first-order valence-corrected chi connectivity index (χ1v) is 10.9. The van der Waals surface area contributed by atoms with Gasteiger partial charge in [-0.15, -0.1) is 22.7 Å². The van der Waals surface area contributed by atoms with Gasteiger partial charge in [0.15, 0.2) is 0 Å². The number of aromatic nitrogens is 2. The first-order chi connectivity index (χ1) is 14.7. The minimum absolute atomic E-state index is 0.729. The van der Waals surface area contributed by atoms with Crippen LogP contribution in [-0.4, -0.2) is 30.1 Å². The minimum Gasteiger partial charge on any atom is -0.497 e. The molecule has 0 aliphatic heterocycles. The lowest BCUT2D eigenvalue weighted by atomic mass is 10.1. The highest BCUT2D eigenvalue weighted by molar-refractivity contribution is 7.13. The van der Waals surface area contributed by atoms with E-state index < -0.39 is 0 Å². The van der Waals surface area contributed by atoms with Gasteiger partial charge in [-0.3, -0.25) is 4.98 Å². The van der Waals surface area contributed by atoms with Crippen molar-refractivity contribution in [1.82, 2.24) is 9.66 Å². The third-order valence-electron chi connectivity index (χ3n) is 4.30. The maximum absolute atomic E-state index is 5.59. The van der Waals surface area contributed by atoms with E-state index >= 15 is 0 Å². The number of nitrogens with zero attached hydrogens (tertiary/aromatic N) is 4. The molecule has 0 bridgehead atoms. The van der Waals surface area contributed by atoms with Crippen molar-refractivity contribution in [2.24, 2.45) is 10.1 Å². The van der Waals surface area contributed by atoms with Crippen LogP contribution in [0.5, 0.6) is 11.5 Å². The Morgan fingerprint density at radius 1 is 1.10 bits per heavy atom. The lowest BCUT2D eigenvalue weighted by Crippen LogP contribution is -2.11. The van der Waals surface area contributed by atoms with Gasteiger partial charge in [0, 0.05) is 26.9 Å². The van der Waals surface area contributed by atoms with Gasteiger partial charge in [0.25, 0.3) is 0 Å². The van der Waals surface area contributed by atoms with Crippen LogP contribution in [0.1, 0.15) is 9.75 Å². The molecule has 0 unspecified atom stereocenters. The van der Waals surface area contributed by atoms with E-state index in [2.05, 4.69) is 24.0 Å². The van der Waals surface area contributed by atoms with E-state index in [1.807, 2.05) is 46.6 Å². The van der Waals surface area contributed by atoms with E-state index in [1.165, 1.54) is 16.2 Å². The molecule has 0 aliphatic rings. The highest BCUT2D eigenvalue weighted by Crippen LogP contribution is 2.34. The summed E-state index contributed by atoms with van der Waals surface area (Å²) >= 11 is 3.19. The zero-order valence-electron chi connectivity index (χ0n) is 16.8. The summed E-state index contributed by atoms with van der Waals surface area (Å²) in [5.41, 5.74) is 2.50. The fourth-order valence-corrected chi connectivity index (χ4v) is 4.45. The molecule has 8 heteroatoms. The van der Waals surface area contributed by atoms with Crippen LogP contribution in [0.4, 0.5) is 5.69 Å². The molecule has 4 rings (SSSR count). The highest BCUT2D eigenvalue weighted by Gasteiger charge is 2.14. The Labute approximate surface area is 182 Å². The monoisotopic (exact) mass is 436 g/mol. The van der Waals surface area contributed by atoms with Crippen LogP contribution in [0, 0.1) is 6.92 Å². The number of ether oxygens (including phenoxy) is 2. The Bertz CT molecular complexity index is 1240. The first kappa shape index (κ1) is 20.1. The number of benzene rings is 1. The van der Waals surface area contributed by atoms with Crippen LogP contribution in [0.3, 0.4) is 0 Å². The number of pyridine rings is 1. The molecule has 0 saturated carbocycles. The third kappa shape index (κ3) is 4.34. The molecule has 0 radical (unpaired) electrons. The molecule has 30 heavy (non-hydrogen) atoms. The number of rotatable bonds is 6. The Morgan fingerprint density at radius 3 is 2.70 bits per heavy atom. The predicted molar refractivity (Wildman–Crippen MR) is 122 cm³/mol. The standard InChI is InChI=1S/C22H20N4O2S2/c1-15-6-8-18(30-15)13-24-26-20(19-11-17(27-2)7-9-21(19)28-3)14-29-22(26)25-16-5-4-10-23-12-16/h4-14H,1-3H3. The first-order valence-electron chi connectivity index (χ1n) is 9.16. The van der Waals surface area contributed by atoms with Crippen molar-refractivity contribution in [2.75, 3.05) is 14.2 Å². The van der Waals surface area contributed by atoms with Gasteiger partial charge >= 0.3 is 0 Å². The molecule has 3 aromatic heterocycles. The van der Waals surface area contributed by atoms with Crippen LogP contribution in [0.25, 0.3) is 11.3 Å². The van der Waals surface area contributed by atoms with Gasteiger partial charge in [0.1, 0.15) is 11.5 Å². The maximum atomic E-state index is 5.59. The molecule has 0 N–H and O–H groups in total. The molecule has 152 valence electrons. The maximum Gasteiger partial charge on any atom is 0.211 e. The summed E-state index contributed by atoms with van der Waals surface area (Å²) in [5, 5.41) is 6.77. The van der Waals surface area contributed by atoms with Gasteiger partial charge in [-0.2, -0.15) is 5.10 Å². The number of thiophene rings is 1. The van der Waals surface area contributed by atoms with E-state index in [9.17, 15) is 0 Å². The van der Waals surface area contributed by atoms with E-state index in [0.717, 1.165) is 38.1 Å². The molecule has 0 aliphatic carbocycles. The number of thiazole rings is 1. The van der Waals surface area contributed by atoms with Crippen LogP contribution in [-0.2, 0) is 0 Å². The van der Waals surface area contributed by atoms with Gasteiger partial charge in [0.2, 0.25) is 4.80 Å². The lowest BCUT2D eigenvalue weighted by molar-refractivity contribution is 0.404. The fraction of sp³-hybridized carbons (Fsp3) is 0.136. The summed E-state index contributed by atoms with van der Waals surface area (Å²) < 4.78 is 12.8. The van der Waals surface area contributed by atoms with Crippen LogP contribution in [0.2, 0.25) is 0 Å². The van der Waals surface area contributed by atoms with E-state index in [4.69, 9.17) is 19.6 Å². The minimum atomic E-state index is 0.729. The number of methoxy groups -OCH3 is 2. The quantitative estimate of drug-likeness (QED) is 0.395. The predicted octanol–water partition coefficient (Wildman–Crippen LogP) is 5.11. The molecule has 0 spiro atoms. The largest absolute Gasteiger partial charge is 0.497 e. The van der Waals surface area contributed by atoms with Crippen molar-refractivity contribution in [3.05, 3.63) is 74.8 Å². The molecule has 1 aromatic carbocycles. The summed E-state index contributed by atoms with van der Waals surface area (Å²) in [5.74, 6) is 1.48. The zero-order valence-corrected chi connectivity index (χ0v) is 18.4. The topological polar surface area (TPSA) is 61.0 Å². The summed E-state index contributed by atoms with van der Waals surface area (Å²) in [6, 6.07) is 13.6. The highest BCUT2D eigenvalue weighted by atomic mass is 32.1. The Kier molecular flexibility index (Phi) is 6.06. The number of aryl methyl sites for hydroxylation is 1. The Hall–Kier alpha value is -3.23. The molecular weight excluding hydrogens is 416 g/mol. The van der Waals surface area contributed by atoms with Crippen molar-refractivity contribution < 1.29 is 9.47 Å². The smallest absolute Gasteiger partial charge is 0.211 e. The Balaban J connectivity index is 1.89. The third-order valence-corrected chi connectivity index (χ3v) is 6.05. The molecule has 0 atom stereocenters. The Morgan fingerprint density at radius 2 is 2.00 bits per heavy atom. The van der Waals surface area contributed by atoms with Gasteiger partial charge in [-0.05, 0) is 49.4 Å². The summed E-state index contributed by atoms with van der Waals surface area (Å²) in [7, 11) is 3.30. The van der Waals surface area contributed by atoms with E-state index in [0.29, 0.717) is 0 Å². The average molecular weight is 437 g/mol. The average Bonchev–Trinajstić information content (AvgIpc) is 3.38. The van der Waals surface area contributed by atoms with Crippen molar-refractivity contribution >= 4 is 34.6 Å². The van der Waals surface area contributed by atoms with Crippen molar-refractivity contribution in [3.8, 4) is 22.8 Å². The second-order valence-corrected chi connectivity index (χ2v) is 8.45. The van der Waals surface area contributed by atoms with Crippen molar-refractivity contribution in [3.63, 3.8) is 0 Å². The summed E-state index contributed by atoms with van der Waals surface area (Å²) in [4.78, 5) is 11.9. The zero-order chi connectivity index (χ0) is 20.9. The van der Waals surface area contributed by atoms with Crippen LogP contribution < -0.4 is 14.3 Å². The molecule has 0 amide bonds. The second kappa shape index (κ2) is 9.06. The van der Waals surface area contributed by atoms with E-state index in [1.54, 1.807) is 38.0 Å². The molecule has 0 saturated heterocycles. The second-order valence-electron chi connectivity index (χ2n) is 6.30. The normalized spacial score (nSPS) is 11.9. The van der Waals surface area contributed by atoms with Crippen molar-refractivity contribution in [2.45, 2.75) is 6.92 Å². The van der Waals surface area contributed by atoms with Gasteiger partial charge in [-0.25, -0.2) is 9.67 Å². The molecule has 0 fully saturated rings. The van der Waals surface area contributed by atoms with Gasteiger partial charge < -0.3 is 9.47 Å². The molecule has 3 heterocycles. The summed E-state index contributed by atoms with van der Waals surface area (Å²) in [6.07, 6.45) is 5.30. The van der Waals surface area contributed by atoms with Crippen LogP contribution in [0.15, 0.2) is 70.3 Å². The molecule has 6 nitrogen and oxygen atoms in total. The van der Waals surface area contributed by atoms with E-state index in [-0.39, 0.29) is 0 Å². The SMILES string of the molecule is COc1ccc(OC)c(-c2csc(=Nc3cccnc3)n2N=Cc2ccc(C)s2)c1. The molecular formula is C22H20N4O2S2. The van der Waals surface area contributed by atoms with Gasteiger partial charge in [-0.1, -0.05) is 0 Å². The number of hydrogen-bond donors (Lipinski definition) is 0. The fourth-order valence-electron chi connectivity index (χ4n) is 2.86. The summed E-state index contributed by atoms with van der Waals surface area (Å²) in [6.45, 7) is 2.08. The van der Waals surface area contributed by atoms with Crippen molar-refractivity contribution in [1.29, 1.82) is 0 Å². The molecule has 4 aromatic rings. The van der Waals surface area contributed by atoms with Crippen LogP contribution >= 0.6 is 22.7 Å². The number of hydrogen-bond acceptors (Lipinski definition) is 7. The van der Waals surface area contributed by atoms with Gasteiger partial charge in [0.05, 0.1) is 38.0 Å². The lowest BCUT2D eigenvalue weighted by Gasteiger charge is -2.11.